The van der Waals surface area contributed by atoms with Gasteiger partial charge in [-0.1, -0.05) is 36.4 Å². The molecule has 0 spiro atoms. The monoisotopic (exact) mass is 391 g/mol. The molecule has 0 saturated heterocycles. The van der Waals surface area contributed by atoms with E-state index in [4.69, 9.17) is 8.37 Å². The number of rotatable bonds is 6. The smallest absolute Gasteiger partial charge is 0.360 e. The molecule has 0 aliphatic rings. The first-order chi connectivity index (χ1) is 12.8. The Hall–Kier alpha value is -3.04. The van der Waals surface area contributed by atoms with Gasteiger partial charge in [0.25, 0.3) is 5.56 Å². The molecule has 0 atom stereocenters. The third kappa shape index (κ3) is 4.04. The number of nitrogens with one attached hydrogen (secondary N) is 1. The van der Waals surface area contributed by atoms with Crippen LogP contribution in [0.4, 0.5) is 4.39 Å². The van der Waals surface area contributed by atoms with Crippen LogP contribution in [0.5, 0.6) is 5.75 Å². The fraction of sp³-hybridized carbons (Fsp3) is 0.111. The van der Waals surface area contributed by atoms with E-state index in [1.807, 2.05) is 0 Å². The average Bonchev–Trinajstić information content (AvgIpc) is 2.61. The van der Waals surface area contributed by atoms with Crippen molar-refractivity contribution in [2.45, 2.75) is 13.5 Å². The Bertz CT molecular complexity index is 1170. The molecule has 140 valence electrons. The summed E-state index contributed by atoms with van der Waals surface area (Å²) in [5, 5.41) is -0.0771. The summed E-state index contributed by atoms with van der Waals surface area (Å²) in [5.41, 5.74) is -1.22. The van der Waals surface area contributed by atoms with Gasteiger partial charge in [0.05, 0.1) is 12.1 Å². The minimum absolute atomic E-state index is 0.0771. The Morgan fingerprint density at radius 3 is 2.48 bits per heavy atom. The van der Waals surface area contributed by atoms with Gasteiger partial charge in [-0.2, -0.15) is 8.42 Å². The summed E-state index contributed by atoms with van der Waals surface area (Å²) >= 11 is 0. The van der Waals surface area contributed by atoms with Crippen LogP contribution in [-0.4, -0.2) is 19.2 Å². The van der Waals surface area contributed by atoms with Gasteiger partial charge in [0.1, 0.15) is 11.4 Å². The highest BCUT2D eigenvalue weighted by atomic mass is 32.3. The van der Waals surface area contributed by atoms with Crippen molar-refractivity contribution in [3.8, 4) is 5.75 Å². The second-order valence-electron chi connectivity index (χ2n) is 5.62. The van der Waals surface area contributed by atoms with Crippen LogP contribution in [0.3, 0.4) is 0 Å². The molecule has 1 N–H and O–H groups in total. The molecule has 3 rings (SSSR count). The molecule has 9 heteroatoms. The van der Waals surface area contributed by atoms with Gasteiger partial charge in [-0.15, -0.1) is 0 Å². The molecule has 0 aliphatic heterocycles. The Kier molecular flexibility index (Phi) is 5.06. The number of pyridine rings is 1. The van der Waals surface area contributed by atoms with Gasteiger partial charge in [0, 0.05) is 5.39 Å². The zero-order valence-electron chi connectivity index (χ0n) is 14.1. The van der Waals surface area contributed by atoms with E-state index in [2.05, 4.69) is 4.98 Å². The van der Waals surface area contributed by atoms with Crippen LogP contribution < -0.4 is 9.74 Å². The van der Waals surface area contributed by atoms with Crippen LogP contribution >= 0.6 is 0 Å². The van der Waals surface area contributed by atoms with E-state index in [-0.39, 0.29) is 17.5 Å². The Morgan fingerprint density at radius 1 is 1.11 bits per heavy atom. The van der Waals surface area contributed by atoms with Gasteiger partial charge >= 0.3 is 10.4 Å². The molecule has 2 aromatic carbocycles. The highest BCUT2D eigenvalue weighted by molar-refractivity contribution is 7.82. The van der Waals surface area contributed by atoms with Crippen molar-refractivity contribution >= 4 is 27.1 Å². The number of Topliss-reactive ketones (excluding diaryl/α,β-unsaturated/α-hetero) is 1. The van der Waals surface area contributed by atoms with Crippen LogP contribution in [0.15, 0.2) is 53.3 Å². The minimum Gasteiger partial charge on any atom is -0.360 e. The Balaban J connectivity index is 2.04. The lowest BCUT2D eigenvalue weighted by atomic mass is 10.1. The zero-order valence-corrected chi connectivity index (χ0v) is 14.9. The van der Waals surface area contributed by atoms with E-state index >= 15 is 0 Å². The summed E-state index contributed by atoms with van der Waals surface area (Å²) in [6.45, 7) is 0.758. The first kappa shape index (κ1) is 18.7. The van der Waals surface area contributed by atoms with Crippen LogP contribution in [0, 0.1) is 5.82 Å². The molecule has 3 aromatic rings. The predicted molar refractivity (Wildman–Crippen MR) is 95.3 cm³/mol. The Morgan fingerprint density at radius 2 is 1.81 bits per heavy atom. The lowest BCUT2D eigenvalue weighted by Crippen LogP contribution is -2.22. The van der Waals surface area contributed by atoms with E-state index < -0.39 is 38.9 Å². The van der Waals surface area contributed by atoms with Crippen LogP contribution in [0.2, 0.25) is 0 Å². The molecule has 7 nitrogen and oxygen atoms in total. The molecule has 1 aromatic heterocycles. The number of ketones is 1. The van der Waals surface area contributed by atoms with Gasteiger partial charge in [-0.05, 0) is 24.6 Å². The average molecular weight is 391 g/mol. The molecule has 0 bridgehead atoms. The second-order valence-corrected chi connectivity index (χ2v) is 6.84. The molecule has 0 fully saturated rings. The van der Waals surface area contributed by atoms with E-state index in [0.29, 0.717) is 5.56 Å². The number of fused-ring (bicyclic) bond motifs is 1. The summed E-state index contributed by atoms with van der Waals surface area (Å²) in [5.74, 6) is -2.11. The molecule has 0 saturated carbocycles. The normalized spacial score (nSPS) is 11.5. The zero-order chi connectivity index (χ0) is 19.6. The molecule has 1 heterocycles. The van der Waals surface area contributed by atoms with Crippen molar-refractivity contribution in [3.63, 3.8) is 0 Å². The van der Waals surface area contributed by atoms with Crippen molar-refractivity contribution in [2.75, 3.05) is 0 Å². The van der Waals surface area contributed by atoms with E-state index in [1.165, 1.54) is 12.1 Å². The third-order valence-electron chi connectivity index (χ3n) is 3.70. The third-order valence-corrected chi connectivity index (χ3v) is 4.48. The standard InChI is InChI=1S/C18H14FNO6S/c1-11(21)15-17(13-8-5-9-14(19)16(13)20-18(15)22)26-27(23,24)25-10-12-6-3-2-4-7-12/h2-9H,10H2,1H3,(H,20,22). The number of hydrogen-bond donors (Lipinski definition) is 1. The summed E-state index contributed by atoms with van der Waals surface area (Å²) in [7, 11) is -4.64. The summed E-state index contributed by atoms with van der Waals surface area (Å²) in [4.78, 5) is 26.2. The Labute approximate surface area is 153 Å². The van der Waals surface area contributed by atoms with E-state index in [9.17, 15) is 22.4 Å². The molecule has 0 aliphatic carbocycles. The lowest BCUT2D eigenvalue weighted by molar-refractivity contribution is 0.101. The molecule has 27 heavy (non-hydrogen) atoms. The van der Waals surface area contributed by atoms with Crippen molar-refractivity contribution in [1.29, 1.82) is 0 Å². The quantitative estimate of drug-likeness (QED) is 0.648. The second kappa shape index (κ2) is 7.29. The number of aromatic nitrogens is 1. The number of aromatic amines is 1. The molecular weight excluding hydrogens is 377 g/mol. The highest BCUT2D eigenvalue weighted by Gasteiger charge is 2.25. The van der Waals surface area contributed by atoms with Gasteiger partial charge < -0.3 is 9.17 Å². The van der Waals surface area contributed by atoms with E-state index in [1.54, 1.807) is 30.3 Å². The van der Waals surface area contributed by atoms with Gasteiger partial charge in [0.15, 0.2) is 11.5 Å². The SMILES string of the molecule is CC(=O)c1c(OS(=O)(=O)OCc2ccccc2)c2cccc(F)c2[nH]c1=O. The maximum atomic E-state index is 14.0. The van der Waals surface area contributed by atoms with Gasteiger partial charge in [-0.25, -0.2) is 8.57 Å². The number of carbonyl (C=O) groups is 1. The fourth-order valence-corrected chi connectivity index (χ4v) is 3.21. The number of carbonyl (C=O) groups excluding carboxylic acids is 1. The van der Waals surface area contributed by atoms with Crippen LogP contribution in [-0.2, 0) is 21.2 Å². The van der Waals surface area contributed by atoms with Crippen molar-refractivity contribution in [1.82, 2.24) is 4.98 Å². The topological polar surface area (TPSA) is 103 Å². The maximum absolute atomic E-state index is 14.0. The summed E-state index contributed by atoms with van der Waals surface area (Å²) in [6, 6.07) is 12.1. The van der Waals surface area contributed by atoms with Crippen LogP contribution in [0.1, 0.15) is 22.8 Å². The maximum Gasteiger partial charge on any atom is 0.449 e. The number of halogens is 1. The van der Waals surface area contributed by atoms with Gasteiger partial charge in [-0.3, -0.25) is 9.59 Å². The minimum atomic E-state index is -4.64. The van der Waals surface area contributed by atoms with Crippen molar-refractivity contribution in [2.24, 2.45) is 0 Å². The molecule has 0 unspecified atom stereocenters. The van der Waals surface area contributed by atoms with Crippen molar-refractivity contribution < 1.29 is 26.0 Å². The largest absolute Gasteiger partial charge is 0.449 e. The predicted octanol–water partition coefficient (Wildman–Crippen LogP) is 2.71. The first-order valence-electron chi connectivity index (χ1n) is 7.76. The molecular formula is C18H14FNO6S. The molecule has 0 amide bonds. The van der Waals surface area contributed by atoms with Gasteiger partial charge in [0.2, 0.25) is 0 Å². The highest BCUT2D eigenvalue weighted by Crippen LogP contribution is 2.29. The van der Waals surface area contributed by atoms with Crippen molar-refractivity contribution in [3.05, 3.63) is 75.8 Å². The number of hydrogen-bond acceptors (Lipinski definition) is 6. The number of benzene rings is 2. The molecule has 0 radical (unpaired) electrons. The number of para-hydroxylation sites is 1. The van der Waals surface area contributed by atoms with E-state index in [0.717, 1.165) is 13.0 Å². The lowest BCUT2D eigenvalue weighted by Gasteiger charge is -2.12. The summed E-state index contributed by atoms with van der Waals surface area (Å²) in [6.07, 6.45) is 0. The van der Waals surface area contributed by atoms with Crippen LogP contribution in [0.25, 0.3) is 10.9 Å². The fourth-order valence-electron chi connectivity index (χ4n) is 2.50. The first-order valence-corrected chi connectivity index (χ1v) is 9.10. The number of H-pyrrole nitrogens is 1. The summed E-state index contributed by atoms with van der Waals surface area (Å²) < 4.78 is 48.2.